The third-order valence-corrected chi connectivity index (χ3v) is 10.2. The Labute approximate surface area is 166 Å². The van der Waals surface area contributed by atoms with Crippen LogP contribution in [-0.4, -0.2) is 8.42 Å². The molecule has 0 aromatic heterocycles. The first-order valence-corrected chi connectivity index (χ1v) is 12.3. The Hall–Kier alpha value is -2.51. The third kappa shape index (κ3) is 2.69. The van der Waals surface area contributed by atoms with Crippen molar-refractivity contribution in [1.82, 2.24) is 4.49 Å². The van der Waals surface area contributed by atoms with Gasteiger partial charge >= 0.3 is 167 Å². The summed E-state index contributed by atoms with van der Waals surface area (Å²) in [6.45, 7) is 0. The van der Waals surface area contributed by atoms with Crippen molar-refractivity contribution in [1.29, 1.82) is 0 Å². The molecule has 10 heteroatoms. The fourth-order valence-electron chi connectivity index (χ4n) is 3.20. The van der Waals surface area contributed by atoms with Gasteiger partial charge in [-0.3, -0.25) is 0 Å². The van der Waals surface area contributed by atoms with Gasteiger partial charge in [0.1, 0.15) is 0 Å². The maximum absolute atomic E-state index is 13.2. The molecule has 0 atom stereocenters. The molecule has 2 aliphatic rings. The molecular weight excluding hydrogens is 421 g/mol. The molecule has 3 aromatic rings. The van der Waals surface area contributed by atoms with Crippen molar-refractivity contribution in [3.05, 3.63) is 77.8 Å². The van der Waals surface area contributed by atoms with Crippen molar-refractivity contribution in [2.45, 2.75) is 4.90 Å². The Bertz CT molecular complexity index is 1090. The van der Waals surface area contributed by atoms with Gasteiger partial charge in [0.2, 0.25) is 0 Å². The van der Waals surface area contributed by atoms with Gasteiger partial charge in [0, 0.05) is 0 Å². The van der Waals surface area contributed by atoms with E-state index >= 15 is 0 Å². The van der Waals surface area contributed by atoms with Gasteiger partial charge in [0.05, 0.1) is 0 Å². The van der Waals surface area contributed by atoms with E-state index < -0.39 is 17.5 Å². The van der Waals surface area contributed by atoms with Crippen LogP contribution in [0.25, 0.3) is 0 Å². The van der Waals surface area contributed by atoms with Crippen LogP contribution in [0.15, 0.2) is 77.7 Å². The monoisotopic (exact) mass is 435 g/mol. The fourth-order valence-corrected chi connectivity index (χ4v) is 9.24. The first-order valence-electron chi connectivity index (χ1n) is 8.35. The molecular formula is C18H15ClN3O4PS. The fraction of sp³-hybridized carbons (Fsp3) is 0. The van der Waals surface area contributed by atoms with E-state index in [0.717, 1.165) is 0 Å². The summed E-state index contributed by atoms with van der Waals surface area (Å²) in [6, 6.07) is 20.2. The molecule has 2 heterocycles. The van der Waals surface area contributed by atoms with Gasteiger partial charge in [-0.25, -0.2) is 0 Å². The van der Waals surface area contributed by atoms with Crippen LogP contribution >= 0.6 is 19.1 Å². The maximum atomic E-state index is 13.2. The SMILES string of the molecule is O=S(=O)(NP12(Nc3ccccc3N1)Oc1ccccc1O2)c1ccc(Cl)cc1. The van der Waals surface area contributed by atoms with E-state index in [1.165, 1.54) is 24.3 Å². The topological polar surface area (TPSA) is 88.7 Å². The Morgan fingerprint density at radius 2 is 1.29 bits per heavy atom. The average Bonchev–Trinajstić information content (AvgIpc) is 3.14. The summed E-state index contributed by atoms with van der Waals surface area (Å²) in [4.78, 5) is 0.0404. The van der Waals surface area contributed by atoms with Crippen molar-refractivity contribution in [2.75, 3.05) is 10.2 Å². The molecule has 0 saturated heterocycles. The van der Waals surface area contributed by atoms with Gasteiger partial charge in [-0.2, -0.15) is 0 Å². The molecule has 0 unspecified atom stereocenters. The van der Waals surface area contributed by atoms with Crippen LogP contribution < -0.4 is 23.7 Å². The molecule has 2 aliphatic heterocycles. The number of hydrogen-bond donors (Lipinski definition) is 3. The van der Waals surface area contributed by atoms with E-state index in [4.69, 9.17) is 20.6 Å². The van der Waals surface area contributed by atoms with E-state index in [0.29, 0.717) is 27.9 Å². The van der Waals surface area contributed by atoms with Crippen LogP contribution in [0, 0.1) is 0 Å². The summed E-state index contributed by atoms with van der Waals surface area (Å²) in [5, 5.41) is 6.77. The number of nitrogens with one attached hydrogen (secondary N) is 3. The minimum absolute atomic E-state index is 0.0404. The van der Waals surface area contributed by atoms with Crippen LogP contribution in [0.2, 0.25) is 5.02 Å². The zero-order valence-corrected chi connectivity index (χ0v) is 16.8. The standard InChI is InChI=1S/C18H15ClN3O4PS/c19-13-9-11-14(12-10-13)28(23,24)22-27(20-15-5-1-2-6-16(15)21-27)25-17-7-3-4-8-18(17)26-27/h1-12,20-22H. The quantitative estimate of drug-likeness (QED) is 0.514. The minimum atomic E-state index is -4.33. The molecule has 0 bridgehead atoms. The number of rotatable bonds is 3. The molecule has 7 nitrogen and oxygen atoms in total. The molecule has 3 N–H and O–H groups in total. The number of fused-ring (bicyclic) bond motifs is 2. The first kappa shape index (κ1) is 17.6. The number of halogens is 1. The van der Waals surface area contributed by atoms with Gasteiger partial charge < -0.3 is 0 Å². The van der Waals surface area contributed by atoms with Crippen molar-refractivity contribution >= 4 is 40.5 Å². The van der Waals surface area contributed by atoms with E-state index in [1.807, 2.05) is 24.3 Å². The number of para-hydroxylation sites is 4. The van der Waals surface area contributed by atoms with Gasteiger partial charge in [-0.05, 0) is 0 Å². The van der Waals surface area contributed by atoms with E-state index in [9.17, 15) is 8.42 Å². The second-order valence-corrected chi connectivity index (χ2v) is 11.8. The molecule has 0 amide bonds. The molecule has 0 aliphatic carbocycles. The molecule has 5 rings (SSSR count). The molecule has 144 valence electrons. The van der Waals surface area contributed by atoms with Crippen LogP contribution in [0.4, 0.5) is 11.4 Å². The molecule has 0 saturated carbocycles. The van der Waals surface area contributed by atoms with E-state index in [-0.39, 0.29) is 4.90 Å². The van der Waals surface area contributed by atoms with Crippen molar-refractivity contribution in [3.63, 3.8) is 0 Å². The molecule has 28 heavy (non-hydrogen) atoms. The van der Waals surface area contributed by atoms with Gasteiger partial charge in [0.15, 0.2) is 0 Å². The Kier molecular flexibility index (Phi) is 3.61. The van der Waals surface area contributed by atoms with E-state index in [2.05, 4.69) is 14.7 Å². The average molecular weight is 436 g/mol. The number of anilines is 2. The zero-order valence-electron chi connectivity index (χ0n) is 14.3. The summed E-state index contributed by atoms with van der Waals surface area (Å²) in [7, 11) is -8.36. The van der Waals surface area contributed by atoms with Crippen LogP contribution in [0.3, 0.4) is 0 Å². The Balaban J connectivity index is 1.62. The van der Waals surface area contributed by atoms with Crippen LogP contribution in [-0.2, 0) is 10.0 Å². The number of sulfonamides is 1. The van der Waals surface area contributed by atoms with E-state index in [1.54, 1.807) is 24.3 Å². The normalized spacial score (nSPS) is 19.1. The van der Waals surface area contributed by atoms with Crippen LogP contribution in [0.1, 0.15) is 0 Å². The Morgan fingerprint density at radius 1 is 0.786 bits per heavy atom. The number of benzene rings is 3. The van der Waals surface area contributed by atoms with Crippen LogP contribution in [0.5, 0.6) is 11.5 Å². The Morgan fingerprint density at radius 3 is 1.82 bits per heavy atom. The summed E-state index contributed by atoms with van der Waals surface area (Å²) >= 11 is 5.89. The predicted molar refractivity (Wildman–Crippen MR) is 110 cm³/mol. The van der Waals surface area contributed by atoms with Crippen molar-refractivity contribution < 1.29 is 17.5 Å². The predicted octanol–water partition coefficient (Wildman–Crippen LogP) is 4.76. The van der Waals surface area contributed by atoms with Crippen molar-refractivity contribution in [3.8, 4) is 11.5 Å². The first-order chi connectivity index (χ1) is 13.4. The van der Waals surface area contributed by atoms with Gasteiger partial charge in [-0.1, -0.05) is 0 Å². The molecule has 0 fully saturated rings. The third-order valence-electron chi connectivity index (χ3n) is 4.38. The summed E-state index contributed by atoms with van der Waals surface area (Å²) in [6.07, 6.45) is 0. The van der Waals surface area contributed by atoms with Gasteiger partial charge in [-0.15, -0.1) is 0 Å². The zero-order chi connectivity index (χ0) is 19.4. The van der Waals surface area contributed by atoms with Crippen molar-refractivity contribution in [2.24, 2.45) is 0 Å². The summed E-state index contributed by atoms with van der Waals surface area (Å²) in [5.74, 6) is 0.874. The van der Waals surface area contributed by atoms with Gasteiger partial charge in [0.25, 0.3) is 0 Å². The summed E-state index contributed by atoms with van der Waals surface area (Å²) < 4.78 is 41.4. The second kappa shape index (κ2) is 5.75. The molecule has 0 radical (unpaired) electrons. The number of hydrogen-bond acceptors (Lipinski definition) is 6. The molecule has 3 aromatic carbocycles. The summed E-state index contributed by atoms with van der Waals surface area (Å²) in [5.41, 5.74) is 1.35. The molecule has 1 spiro atoms. The second-order valence-electron chi connectivity index (χ2n) is 6.40.